The van der Waals surface area contributed by atoms with Crippen LogP contribution in [0, 0.1) is 0 Å². The summed E-state index contributed by atoms with van der Waals surface area (Å²) in [5.41, 5.74) is 2.01. The zero-order chi connectivity index (χ0) is 27.0. The minimum absolute atomic E-state index is 0.143. The van der Waals surface area contributed by atoms with Crippen LogP contribution in [0.1, 0.15) is 31.1 Å². The fourth-order valence-electron chi connectivity index (χ4n) is 3.89. The highest BCUT2D eigenvalue weighted by Gasteiger charge is 2.23. The molecule has 0 aromatic heterocycles. The molecule has 2 aromatic rings. The standard InChI is InChI=1S/C25H34N4O6S2/c1-5-33-21-16-18(17-22(34-6-2)23(21)35-7-3)24(30)27-25(36)26-19-8-10-20(11-9-19)28-12-14-29(15-13-28)37(4,31)32/h8-11,16-17H,5-7,12-15H2,1-4H3,(H2,26,27,30,36). The Kier molecular flexibility index (Phi) is 9.95. The molecule has 3 rings (SSSR count). The topological polar surface area (TPSA) is 109 Å². The van der Waals surface area contributed by atoms with Gasteiger partial charge in [-0.2, -0.15) is 4.31 Å². The lowest BCUT2D eigenvalue weighted by Gasteiger charge is -2.34. The summed E-state index contributed by atoms with van der Waals surface area (Å²) in [4.78, 5) is 15.1. The molecule has 12 heteroatoms. The number of ether oxygens (including phenoxy) is 3. The van der Waals surface area contributed by atoms with Crippen LogP contribution in [0.3, 0.4) is 0 Å². The fraction of sp³-hybridized carbons (Fsp3) is 0.440. The highest BCUT2D eigenvalue weighted by Crippen LogP contribution is 2.39. The quantitative estimate of drug-likeness (QED) is 0.431. The molecule has 0 atom stereocenters. The molecule has 0 spiro atoms. The monoisotopic (exact) mass is 550 g/mol. The number of carbonyl (C=O) groups excluding carboxylic acids is 1. The van der Waals surface area contributed by atoms with E-state index < -0.39 is 15.9 Å². The van der Waals surface area contributed by atoms with Crippen molar-refractivity contribution in [1.82, 2.24) is 9.62 Å². The first kappa shape index (κ1) is 28.5. The van der Waals surface area contributed by atoms with E-state index in [2.05, 4.69) is 15.5 Å². The predicted molar refractivity (Wildman–Crippen MR) is 149 cm³/mol. The zero-order valence-electron chi connectivity index (χ0n) is 21.6. The van der Waals surface area contributed by atoms with Gasteiger partial charge in [0, 0.05) is 43.1 Å². The Bertz CT molecular complexity index is 1170. The summed E-state index contributed by atoms with van der Waals surface area (Å²) in [5, 5.41) is 5.85. The number of rotatable bonds is 10. The van der Waals surface area contributed by atoms with E-state index in [0.29, 0.717) is 74.5 Å². The van der Waals surface area contributed by atoms with Crippen LogP contribution in [0.25, 0.3) is 0 Å². The highest BCUT2D eigenvalue weighted by atomic mass is 32.2. The number of nitrogens with zero attached hydrogens (tertiary/aromatic N) is 2. The Morgan fingerprint density at radius 3 is 1.95 bits per heavy atom. The van der Waals surface area contributed by atoms with Crippen molar-refractivity contribution in [2.24, 2.45) is 0 Å². The molecule has 0 unspecified atom stereocenters. The first-order valence-electron chi connectivity index (χ1n) is 12.1. The summed E-state index contributed by atoms with van der Waals surface area (Å²) >= 11 is 5.35. The lowest BCUT2D eigenvalue weighted by molar-refractivity contribution is 0.0976. The first-order valence-corrected chi connectivity index (χ1v) is 14.4. The number of hydrogen-bond donors (Lipinski definition) is 2. The molecular formula is C25H34N4O6S2. The van der Waals surface area contributed by atoms with Gasteiger partial charge in [-0.15, -0.1) is 0 Å². The van der Waals surface area contributed by atoms with Crippen molar-refractivity contribution in [3.63, 3.8) is 0 Å². The number of hydrogen-bond acceptors (Lipinski definition) is 8. The van der Waals surface area contributed by atoms with Gasteiger partial charge in [-0.3, -0.25) is 10.1 Å². The van der Waals surface area contributed by atoms with E-state index in [-0.39, 0.29) is 5.11 Å². The van der Waals surface area contributed by atoms with Gasteiger partial charge in [0.05, 0.1) is 26.1 Å². The molecule has 0 radical (unpaired) electrons. The average Bonchev–Trinajstić information content (AvgIpc) is 2.86. The van der Waals surface area contributed by atoms with E-state index in [4.69, 9.17) is 26.4 Å². The number of carbonyl (C=O) groups is 1. The maximum atomic E-state index is 12.9. The molecule has 1 amide bonds. The van der Waals surface area contributed by atoms with Crippen LogP contribution in [0.15, 0.2) is 36.4 Å². The van der Waals surface area contributed by atoms with Gasteiger partial charge < -0.3 is 24.4 Å². The molecule has 1 aliphatic rings. The summed E-state index contributed by atoms with van der Waals surface area (Å²) in [6.45, 7) is 8.93. The molecule has 1 saturated heterocycles. The van der Waals surface area contributed by atoms with Gasteiger partial charge in [0.15, 0.2) is 16.6 Å². The molecule has 37 heavy (non-hydrogen) atoms. The van der Waals surface area contributed by atoms with Crippen LogP contribution in [-0.2, 0) is 10.0 Å². The van der Waals surface area contributed by atoms with Gasteiger partial charge in [-0.1, -0.05) is 0 Å². The Morgan fingerprint density at radius 2 is 1.46 bits per heavy atom. The fourth-order valence-corrected chi connectivity index (χ4v) is 4.93. The molecule has 202 valence electrons. The number of piperazine rings is 1. The van der Waals surface area contributed by atoms with Crippen LogP contribution in [0.4, 0.5) is 11.4 Å². The molecule has 10 nitrogen and oxygen atoms in total. The van der Waals surface area contributed by atoms with Crippen molar-refractivity contribution in [2.45, 2.75) is 20.8 Å². The third-order valence-corrected chi connectivity index (χ3v) is 7.10. The molecule has 1 heterocycles. The molecule has 2 N–H and O–H groups in total. The van der Waals surface area contributed by atoms with Crippen molar-refractivity contribution >= 4 is 44.6 Å². The van der Waals surface area contributed by atoms with Crippen molar-refractivity contribution in [1.29, 1.82) is 0 Å². The second-order valence-corrected chi connectivity index (χ2v) is 10.6. The van der Waals surface area contributed by atoms with Gasteiger partial charge in [-0.25, -0.2) is 8.42 Å². The van der Waals surface area contributed by atoms with Crippen LogP contribution in [0.5, 0.6) is 17.2 Å². The van der Waals surface area contributed by atoms with Gasteiger partial charge in [-0.05, 0) is 69.4 Å². The normalized spacial score (nSPS) is 14.1. The van der Waals surface area contributed by atoms with E-state index in [1.165, 1.54) is 10.6 Å². The number of thiocarbonyl (C=S) groups is 1. The zero-order valence-corrected chi connectivity index (χ0v) is 23.2. The molecule has 1 aliphatic heterocycles. The van der Waals surface area contributed by atoms with E-state index in [1.807, 2.05) is 45.0 Å². The minimum Gasteiger partial charge on any atom is -0.490 e. The summed E-state index contributed by atoms with van der Waals surface area (Å²) < 4.78 is 42.0. The summed E-state index contributed by atoms with van der Waals surface area (Å²) in [7, 11) is -3.17. The Balaban J connectivity index is 1.63. The molecule has 0 saturated carbocycles. The predicted octanol–water partition coefficient (Wildman–Crippen LogP) is 3.09. The van der Waals surface area contributed by atoms with Crippen LogP contribution in [-0.4, -0.2) is 76.0 Å². The second kappa shape index (κ2) is 12.9. The minimum atomic E-state index is -3.17. The maximum absolute atomic E-state index is 12.9. The van der Waals surface area contributed by atoms with E-state index >= 15 is 0 Å². The highest BCUT2D eigenvalue weighted by molar-refractivity contribution is 7.88. The average molecular weight is 551 g/mol. The van der Waals surface area contributed by atoms with Gasteiger partial charge >= 0.3 is 0 Å². The summed E-state index contributed by atoms with van der Waals surface area (Å²) in [5.74, 6) is 0.892. The van der Waals surface area contributed by atoms with E-state index in [1.54, 1.807) is 12.1 Å². The number of sulfonamides is 1. The third kappa shape index (κ3) is 7.70. The van der Waals surface area contributed by atoms with E-state index in [0.717, 1.165) is 5.69 Å². The number of amides is 1. The lowest BCUT2D eigenvalue weighted by atomic mass is 10.1. The molecule has 0 bridgehead atoms. The van der Waals surface area contributed by atoms with Gasteiger partial charge in [0.2, 0.25) is 15.8 Å². The molecule has 0 aliphatic carbocycles. The summed E-state index contributed by atoms with van der Waals surface area (Å²) in [6, 6.07) is 10.8. The van der Waals surface area contributed by atoms with Gasteiger partial charge in [0.25, 0.3) is 5.91 Å². The molecule has 1 fully saturated rings. The molecule has 2 aromatic carbocycles. The lowest BCUT2D eigenvalue weighted by Crippen LogP contribution is -2.48. The third-order valence-electron chi connectivity index (χ3n) is 5.60. The largest absolute Gasteiger partial charge is 0.490 e. The van der Waals surface area contributed by atoms with Crippen molar-refractivity contribution in [3.8, 4) is 17.2 Å². The number of nitrogens with one attached hydrogen (secondary N) is 2. The Labute approximate surface area is 223 Å². The first-order chi connectivity index (χ1) is 17.7. The maximum Gasteiger partial charge on any atom is 0.257 e. The Morgan fingerprint density at radius 1 is 0.919 bits per heavy atom. The van der Waals surface area contributed by atoms with Crippen LogP contribution >= 0.6 is 12.2 Å². The number of benzene rings is 2. The Hall–Kier alpha value is -3.09. The van der Waals surface area contributed by atoms with Crippen molar-refractivity contribution in [3.05, 3.63) is 42.0 Å². The summed E-state index contributed by atoms with van der Waals surface area (Å²) in [6.07, 6.45) is 1.23. The van der Waals surface area contributed by atoms with Crippen molar-refractivity contribution < 1.29 is 27.4 Å². The SMILES string of the molecule is CCOc1cc(C(=O)NC(=S)Nc2ccc(N3CCN(S(C)(=O)=O)CC3)cc2)cc(OCC)c1OCC. The molecular weight excluding hydrogens is 516 g/mol. The van der Waals surface area contributed by atoms with Crippen LogP contribution < -0.4 is 29.7 Å². The van der Waals surface area contributed by atoms with Crippen LogP contribution in [0.2, 0.25) is 0 Å². The van der Waals surface area contributed by atoms with Crippen molar-refractivity contribution in [2.75, 3.05) is 62.5 Å². The number of anilines is 2. The second-order valence-electron chi connectivity index (χ2n) is 8.20. The van der Waals surface area contributed by atoms with E-state index in [9.17, 15) is 13.2 Å². The van der Waals surface area contributed by atoms with Gasteiger partial charge in [0.1, 0.15) is 0 Å². The smallest absolute Gasteiger partial charge is 0.257 e.